The third-order valence-corrected chi connectivity index (χ3v) is 5.09. The number of thiophene rings is 1. The maximum absolute atomic E-state index is 12.6. The normalized spacial score (nSPS) is 11.8. The fourth-order valence-electron chi connectivity index (χ4n) is 2.34. The van der Waals surface area contributed by atoms with Gasteiger partial charge in [-0.1, -0.05) is 57.2 Å². The summed E-state index contributed by atoms with van der Waals surface area (Å²) in [6.45, 7) is 6.51. The highest BCUT2D eigenvalue weighted by Gasteiger charge is 2.19. The van der Waals surface area contributed by atoms with Crippen molar-refractivity contribution in [3.05, 3.63) is 69.9 Å². The van der Waals surface area contributed by atoms with Gasteiger partial charge >= 0.3 is 0 Å². The summed E-state index contributed by atoms with van der Waals surface area (Å²) in [4.78, 5) is 14.7. The Kier molecular flexibility index (Phi) is 3.42. The van der Waals surface area contributed by atoms with Gasteiger partial charge in [-0.15, -0.1) is 11.3 Å². The van der Waals surface area contributed by atoms with Gasteiger partial charge in [0, 0.05) is 10.4 Å². The predicted molar refractivity (Wildman–Crippen MR) is 90.4 cm³/mol. The van der Waals surface area contributed by atoms with Crippen LogP contribution in [-0.2, 0) is 5.41 Å². The Morgan fingerprint density at radius 3 is 2.29 bits per heavy atom. The topological polar surface area (TPSA) is 17.1 Å². The molecule has 0 unspecified atom stereocenters. The summed E-state index contributed by atoms with van der Waals surface area (Å²) in [5.74, 6) is 0.112. The van der Waals surface area contributed by atoms with Crippen LogP contribution in [0.5, 0.6) is 0 Å². The van der Waals surface area contributed by atoms with Crippen molar-refractivity contribution >= 4 is 27.9 Å². The van der Waals surface area contributed by atoms with Crippen molar-refractivity contribution < 1.29 is 4.79 Å². The molecule has 0 spiro atoms. The molecule has 1 heterocycles. The second-order valence-corrected chi connectivity index (χ2v) is 7.39. The number of benzene rings is 2. The fourth-order valence-corrected chi connectivity index (χ4v) is 3.36. The van der Waals surface area contributed by atoms with Crippen molar-refractivity contribution in [2.75, 3.05) is 0 Å². The number of hydrogen-bond donors (Lipinski definition) is 0. The first-order valence-corrected chi connectivity index (χ1v) is 7.90. The van der Waals surface area contributed by atoms with Gasteiger partial charge in [0.05, 0.1) is 4.88 Å². The fraction of sp³-hybridized carbons (Fsp3) is 0.211. The lowest BCUT2D eigenvalue weighted by atomic mass is 9.95. The highest BCUT2D eigenvalue weighted by molar-refractivity contribution is 7.14. The number of fused-ring (bicyclic) bond motifs is 1. The number of carbonyl (C=O) groups is 1. The number of carbonyl (C=O) groups excluding carboxylic acids is 1. The van der Waals surface area contributed by atoms with Crippen LogP contribution in [0.4, 0.5) is 0 Å². The van der Waals surface area contributed by atoms with E-state index in [1.807, 2.05) is 42.5 Å². The summed E-state index contributed by atoms with van der Waals surface area (Å²) in [5, 5.41) is 2.27. The zero-order valence-electron chi connectivity index (χ0n) is 12.5. The molecular weight excluding hydrogens is 276 g/mol. The number of hydrogen-bond acceptors (Lipinski definition) is 2. The summed E-state index contributed by atoms with van der Waals surface area (Å²) in [5.41, 5.74) is 0.850. The van der Waals surface area contributed by atoms with Crippen LogP contribution in [-0.4, -0.2) is 5.78 Å². The van der Waals surface area contributed by atoms with Gasteiger partial charge in [0.2, 0.25) is 5.78 Å². The zero-order valence-corrected chi connectivity index (χ0v) is 13.3. The smallest absolute Gasteiger partial charge is 0.202 e. The van der Waals surface area contributed by atoms with E-state index in [4.69, 9.17) is 0 Å². The molecule has 0 saturated heterocycles. The predicted octanol–water partition coefficient (Wildman–Crippen LogP) is 5.43. The summed E-state index contributed by atoms with van der Waals surface area (Å²) >= 11 is 1.60. The third-order valence-electron chi connectivity index (χ3n) is 3.58. The van der Waals surface area contributed by atoms with Crippen molar-refractivity contribution in [2.45, 2.75) is 26.2 Å². The van der Waals surface area contributed by atoms with Gasteiger partial charge in [-0.2, -0.15) is 0 Å². The average molecular weight is 294 g/mol. The maximum Gasteiger partial charge on any atom is 0.202 e. The zero-order chi connectivity index (χ0) is 15.0. The van der Waals surface area contributed by atoms with Gasteiger partial charge in [0.25, 0.3) is 0 Å². The summed E-state index contributed by atoms with van der Waals surface area (Å²) < 4.78 is 0. The molecule has 0 aliphatic heterocycles. The molecule has 0 radical (unpaired) electrons. The SMILES string of the molecule is CC(C)(C)c1ccc(C(=O)c2ccc3ccccc3c2)s1. The second-order valence-electron chi connectivity index (χ2n) is 6.30. The Hall–Kier alpha value is -1.93. The molecule has 3 aromatic rings. The molecule has 106 valence electrons. The first-order chi connectivity index (χ1) is 9.95. The van der Waals surface area contributed by atoms with Gasteiger partial charge in [0.1, 0.15) is 0 Å². The average Bonchev–Trinajstić information content (AvgIpc) is 2.96. The summed E-state index contributed by atoms with van der Waals surface area (Å²) in [7, 11) is 0. The minimum atomic E-state index is 0.0899. The molecule has 21 heavy (non-hydrogen) atoms. The summed E-state index contributed by atoms with van der Waals surface area (Å²) in [6, 6.07) is 18.0. The molecule has 0 bridgehead atoms. The molecule has 2 aromatic carbocycles. The maximum atomic E-state index is 12.6. The van der Waals surface area contributed by atoms with E-state index in [0.29, 0.717) is 0 Å². The van der Waals surface area contributed by atoms with Crippen LogP contribution in [0.3, 0.4) is 0 Å². The molecule has 0 N–H and O–H groups in total. The molecule has 0 aliphatic carbocycles. The van der Waals surface area contributed by atoms with Crippen molar-refractivity contribution in [3.63, 3.8) is 0 Å². The highest BCUT2D eigenvalue weighted by Crippen LogP contribution is 2.31. The largest absolute Gasteiger partial charge is 0.288 e. The van der Waals surface area contributed by atoms with Crippen molar-refractivity contribution in [2.24, 2.45) is 0 Å². The van der Waals surface area contributed by atoms with E-state index in [1.165, 1.54) is 4.88 Å². The van der Waals surface area contributed by atoms with Crippen LogP contribution < -0.4 is 0 Å². The van der Waals surface area contributed by atoms with Gasteiger partial charge in [-0.25, -0.2) is 0 Å². The molecule has 2 heteroatoms. The lowest BCUT2D eigenvalue weighted by Gasteiger charge is -2.15. The highest BCUT2D eigenvalue weighted by atomic mass is 32.1. The van der Waals surface area contributed by atoms with Crippen LogP contribution in [0.2, 0.25) is 0 Å². The van der Waals surface area contributed by atoms with E-state index in [0.717, 1.165) is 21.2 Å². The van der Waals surface area contributed by atoms with Gasteiger partial charge in [-0.3, -0.25) is 4.79 Å². The van der Waals surface area contributed by atoms with Crippen LogP contribution >= 0.6 is 11.3 Å². The standard InChI is InChI=1S/C19H18OS/c1-19(2,3)17-11-10-16(21-17)18(20)15-9-8-13-6-4-5-7-14(13)12-15/h4-12H,1-3H3. The van der Waals surface area contributed by atoms with Crippen LogP contribution in [0.25, 0.3) is 10.8 Å². The Labute approximate surface area is 129 Å². The van der Waals surface area contributed by atoms with E-state index in [2.05, 4.69) is 32.9 Å². The second kappa shape index (κ2) is 5.12. The van der Waals surface area contributed by atoms with Gasteiger partial charge in [-0.05, 0) is 34.4 Å². The lowest BCUT2D eigenvalue weighted by molar-refractivity contribution is 0.104. The Balaban J connectivity index is 1.98. The number of ketones is 1. The van der Waals surface area contributed by atoms with E-state index < -0.39 is 0 Å². The molecule has 3 rings (SSSR count). The van der Waals surface area contributed by atoms with E-state index in [9.17, 15) is 4.79 Å². The van der Waals surface area contributed by atoms with E-state index in [-0.39, 0.29) is 11.2 Å². The first-order valence-electron chi connectivity index (χ1n) is 7.09. The molecule has 0 amide bonds. The van der Waals surface area contributed by atoms with E-state index in [1.54, 1.807) is 11.3 Å². The van der Waals surface area contributed by atoms with Crippen molar-refractivity contribution in [3.8, 4) is 0 Å². The molecule has 0 fully saturated rings. The number of rotatable bonds is 2. The molecule has 0 aliphatic rings. The third kappa shape index (κ3) is 2.77. The molecular formula is C19H18OS. The summed E-state index contributed by atoms with van der Waals surface area (Å²) in [6.07, 6.45) is 0. The Bertz CT molecular complexity index is 806. The van der Waals surface area contributed by atoms with Crippen LogP contribution in [0.15, 0.2) is 54.6 Å². The van der Waals surface area contributed by atoms with Crippen LogP contribution in [0.1, 0.15) is 40.9 Å². The van der Waals surface area contributed by atoms with Gasteiger partial charge in [0.15, 0.2) is 0 Å². The first kappa shape index (κ1) is 14.0. The minimum absolute atomic E-state index is 0.0899. The van der Waals surface area contributed by atoms with Crippen LogP contribution in [0, 0.1) is 0 Å². The monoisotopic (exact) mass is 294 g/mol. The molecule has 1 nitrogen and oxygen atoms in total. The van der Waals surface area contributed by atoms with E-state index >= 15 is 0 Å². The minimum Gasteiger partial charge on any atom is -0.288 e. The molecule has 1 aromatic heterocycles. The van der Waals surface area contributed by atoms with Crippen molar-refractivity contribution in [1.82, 2.24) is 0 Å². The quantitative estimate of drug-likeness (QED) is 0.576. The molecule has 0 saturated carbocycles. The lowest BCUT2D eigenvalue weighted by Crippen LogP contribution is -2.07. The molecule has 0 atom stereocenters. The Morgan fingerprint density at radius 1 is 0.905 bits per heavy atom. The Morgan fingerprint density at radius 2 is 1.62 bits per heavy atom. The van der Waals surface area contributed by atoms with Crippen molar-refractivity contribution in [1.29, 1.82) is 0 Å². The van der Waals surface area contributed by atoms with Gasteiger partial charge < -0.3 is 0 Å².